The fraction of sp³-hybridized carbons (Fsp3) is 0.350. The highest BCUT2D eigenvalue weighted by Gasteiger charge is 2.15. The van der Waals surface area contributed by atoms with E-state index in [4.69, 9.17) is 4.74 Å². The number of ether oxygens (including phenoxy) is 1. The Morgan fingerprint density at radius 2 is 1.77 bits per heavy atom. The Hall–Kier alpha value is -2.89. The summed E-state index contributed by atoms with van der Waals surface area (Å²) >= 11 is 0. The van der Waals surface area contributed by atoms with E-state index in [-0.39, 0.29) is 5.91 Å². The summed E-state index contributed by atoms with van der Waals surface area (Å²) in [6.07, 6.45) is 3.40. The van der Waals surface area contributed by atoms with Crippen molar-refractivity contribution in [2.75, 3.05) is 25.5 Å². The monoisotopic (exact) mass is 355 g/mol. The standard InChI is InChI=1S/C20H25N3O3/c1-4-12-23(13-5-2)19(24)15-10-11-18(21-14-15)22-17-9-7-6-8-16(17)20(25)26-3/h6-11,14H,4-5,12-13H2,1-3H3,(H,21,22). The number of pyridine rings is 1. The predicted octanol–water partition coefficient (Wildman–Crippen LogP) is 3.87. The van der Waals surface area contributed by atoms with E-state index in [1.807, 2.05) is 11.0 Å². The fourth-order valence-corrected chi connectivity index (χ4v) is 2.65. The lowest BCUT2D eigenvalue weighted by Crippen LogP contribution is -2.32. The molecule has 1 amide bonds. The van der Waals surface area contributed by atoms with Gasteiger partial charge in [0.25, 0.3) is 5.91 Å². The van der Waals surface area contributed by atoms with Crippen LogP contribution in [0.1, 0.15) is 47.4 Å². The number of hydrogen-bond donors (Lipinski definition) is 1. The van der Waals surface area contributed by atoms with Crippen LogP contribution in [0.15, 0.2) is 42.6 Å². The summed E-state index contributed by atoms with van der Waals surface area (Å²) in [4.78, 5) is 30.6. The number of anilines is 2. The van der Waals surface area contributed by atoms with E-state index in [2.05, 4.69) is 24.1 Å². The van der Waals surface area contributed by atoms with Crippen molar-refractivity contribution in [2.45, 2.75) is 26.7 Å². The molecule has 0 aliphatic heterocycles. The van der Waals surface area contributed by atoms with Crippen molar-refractivity contribution in [1.29, 1.82) is 0 Å². The Bertz CT molecular complexity index is 738. The van der Waals surface area contributed by atoms with E-state index in [0.29, 0.717) is 22.6 Å². The fourth-order valence-electron chi connectivity index (χ4n) is 2.65. The van der Waals surface area contributed by atoms with Crippen LogP contribution in [0.5, 0.6) is 0 Å². The lowest BCUT2D eigenvalue weighted by atomic mass is 10.1. The van der Waals surface area contributed by atoms with Gasteiger partial charge in [0.2, 0.25) is 0 Å². The SMILES string of the molecule is CCCN(CCC)C(=O)c1ccc(Nc2ccccc2C(=O)OC)nc1. The molecular formula is C20H25N3O3. The molecule has 0 spiro atoms. The Balaban J connectivity index is 2.15. The van der Waals surface area contributed by atoms with Crippen molar-refractivity contribution < 1.29 is 14.3 Å². The van der Waals surface area contributed by atoms with Crippen LogP contribution in [0.2, 0.25) is 0 Å². The minimum absolute atomic E-state index is 0.0114. The highest BCUT2D eigenvalue weighted by Crippen LogP contribution is 2.20. The summed E-state index contributed by atoms with van der Waals surface area (Å²) in [5, 5.41) is 3.10. The lowest BCUT2D eigenvalue weighted by molar-refractivity contribution is 0.0601. The van der Waals surface area contributed by atoms with Crippen LogP contribution in [0, 0.1) is 0 Å². The van der Waals surface area contributed by atoms with Crippen LogP contribution in [-0.2, 0) is 4.74 Å². The van der Waals surface area contributed by atoms with Gasteiger partial charge in [-0.3, -0.25) is 4.79 Å². The van der Waals surface area contributed by atoms with E-state index in [1.165, 1.54) is 7.11 Å². The molecule has 1 N–H and O–H groups in total. The lowest BCUT2D eigenvalue weighted by Gasteiger charge is -2.21. The van der Waals surface area contributed by atoms with Crippen molar-refractivity contribution in [3.05, 3.63) is 53.7 Å². The van der Waals surface area contributed by atoms with Crippen LogP contribution < -0.4 is 5.32 Å². The number of nitrogens with one attached hydrogen (secondary N) is 1. The van der Waals surface area contributed by atoms with E-state index in [9.17, 15) is 9.59 Å². The number of amides is 1. The normalized spacial score (nSPS) is 10.3. The van der Waals surface area contributed by atoms with Crippen molar-refractivity contribution in [1.82, 2.24) is 9.88 Å². The molecule has 26 heavy (non-hydrogen) atoms. The van der Waals surface area contributed by atoms with Crippen LogP contribution in [0.4, 0.5) is 11.5 Å². The molecule has 0 fully saturated rings. The summed E-state index contributed by atoms with van der Waals surface area (Å²) < 4.78 is 4.79. The van der Waals surface area contributed by atoms with Gasteiger partial charge in [0.15, 0.2) is 0 Å². The third-order valence-electron chi connectivity index (χ3n) is 3.88. The second-order valence-electron chi connectivity index (χ2n) is 5.89. The summed E-state index contributed by atoms with van der Waals surface area (Å²) in [6.45, 7) is 5.58. The maximum Gasteiger partial charge on any atom is 0.339 e. The number of benzene rings is 1. The average molecular weight is 355 g/mol. The molecule has 0 saturated heterocycles. The van der Waals surface area contributed by atoms with E-state index >= 15 is 0 Å². The first-order chi connectivity index (χ1) is 12.6. The van der Waals surface area contributed by atoms with Gasteiger partial charge in [-0.2, -0.15) is 0 Å². The zero-order valence-electron chi connectivity index (χ0n) is 15.5. The number of para-hydroxylation sites is 1. The minimum Gasteiger partial charge on any atom is -0.465 e. The molecule has 0 radical (unpaired) electrons. The largest absolute Gasteiger partial charge is 0.465 e. The topological polar surface area (TPSA) is 71.5 Å². The van der Waals surface area contributed by atoms with Gasteiger partial charge < -0.3 is 15.0 Å². The van der Waals surface area contributed by atoms with E-state index in [0.717, 1.165) is 25.9 Å². The number of hydrogen-bond acceptors (Lipinski definition) is 5. The van der Waals surface area contributed by atoms with Gasteiger partial charge in [-0.15, -0.1) is 0 Å². The predicted molar refractivity (Wildman–Crippen MR) is 102 cm³/mol. The number of esters is 1. The van der Waals surface area contributed by atoms with Gasteiger partial charge in [-0.25, -0.2) is 9.78 Å². The molecule has 0 bridgehead atoms. The van der Waals surface area contributed by atoms with Gasteiger partial charge in [0, 0.05) is 19.3 Å². The first-order valence-electron chi connectivity index (χ1n) is 8.80. The maximum atomic E-state index is 12.6. The second-order valence-corrected chi connectivity index (χ2v) is 5.89. The molecule has 0 aliphatic carbocycles. The van der Waals surface area contributed by atoms with Gasteiger partial charge in [-0.05, 0) is 37.1 Å². The van der Waals surface area contributed by atoms with E-state index in [1.54, 1.807) is 36.5 Å². The number of carbonyl (C=O) groups is 2. The first-order valence-corrected chi connectivity index (χ1v) is 8.80. The molecule has 1 aromatic carbocycles. The summed E-state index contributed by atoms with van der Waals surface area (Å²) in [5.41, 5.74) is 1.58. The average Bonchev–Trinajstić information content (AvgIpc) is 2.67. The molecule has 0 atom stereocenters. The zero-order valence-corrected chi connectivity index (χ0v) is 15.5. The Labute approximate surface area is 154 Å². The molecule has 1 heterocycles. The quantitative estimate of drug-likeness (QED) is 0.728. The third-order valence-corrected chi connectivity index (χ3v) is 3.88. The van der Waals surface area contributed by atoms with Crippen molar-refractivity contribution in [3.8, 4) is 0 Å². The molecule has 1 aromatic heterocycles. The number of carbonyl (C=O) groups excluding carboxylic acids is 2. The van der Waals surface area contributed by atoms with Gasteiger partial charge in [-0.1, -0.05) is 26.0 Å². The molecule has 2 aromatic rings. The molecule has 6 heteroatoms. The molecule has 138 valence electrons. The van der Waals surface area contributed by atoms with Gasteiger partial charge in [0.05, 0.1) is 23.9 Å². The first kappa shape index (κ1) is 19.4. The molecular weight excluding hydrogens is 330 g/mol. The van der Waals surface area contributed by atoms with Gasteiger partial charge in [0.1, 0.15) is 5.82 Å². The van der Waals surface area contributed by atoms with Crippen LogP contribution in [0.3, 0.4) is 0 Å². The molecule has 0 aliphatic rings. The third kappa shape index (κ3) is 4.81. The van der Waals surface area contributed by atoms with E-state index < -0.39 is 5.97 Å². The Morgan fingerprint density at radius 3 is 2.35 bits per heavy atom. The molecule has 0 unspecified atom stereocenters. The number of rotatable bonds is 8. The highest BCUT2D eigenvalue weighted by molar-refractivity contribution is 5.96. The van der Waals surface area contributed by atoms with Crippen molar-refractivity contribution >= 4 is 23.4 Å². The molecule has 2 rings (SSSR count). The molecule has 0 saturated carbocycles. The summed E-state index contributed by atoms with van der Waals surface area (Å²) in [7, 11) is 1.34. The van der Waals surface area contributed by atoms with Crippen LogP contribution in [0.25, 0.3) is 0 Å². The smallest absolute Gasteiger partial charge is 0.339 e. The highest BCUT2D eigenvalue weighted by atomic mass is 16.5. The number of methoxy groups -OCH3 is 1. The zero-order chi connectivity index (χ0) is 18.9. The Kier molecular flexibility index (Phi) is 7.14. The molecule has 6 nitrogen and oxygen atoms in total. The maximum absolute atomic E-state index is 12.6. The summed E-state index contributed by atoms with van der Waals surface area (Å²) in [5.74, 6) is 0.118. The second kappa shape index (κ2) is 9.56. The number of nitrogens with zero attached hydrogens (tertiary/aromatic N) is 2. The van der Waals surface area contributed by atoms with Crippen molar-refractivity contribution in [2.24, 2.45) is 0 Å². The van der Waals surface area contributed by atoms with Crippen molar-refractivity contribution in [3.63, 3.8) is 0 Å². The summed E-state index contributed by atoms with van der Waals surface area (Å²) in [6, 6.07) is 10.5. The minimum atomic E-state index is -0.422. The number of aromatic nitrogens is 1. The van der Waals surface area contributed by atoms with Gasteiger partial charge >= 0.3 is 5.97 Å². The van der Waals surface area contributed by atoms with Crippen LogP contribution >= 0.6 is 0 Å². The Morgan fingerprint density at radius 1 is 1.08 bits per heavy atom. The van der Waals surface area contributed by atoms with Crippen LogP contribution in [-0.4, -0.2) is 42.0 Å².